The standard InChI is InChI=1S/C7H11N5O2S.C7H8O3S/c1-5-10-4-6(12(13)14)11(5)2-3-15-7(8)9;1-6-2-4-7(5-3-6)11(8,9)10/h4H,2-3H2,1H3,(H3,8,9);2-5H,1H3,(H,8,9,10). The third-order valence-electron chi connectivity index (χ3n) is 3.11. The molecule has 1 heterocycles. The molecule has 1 aromatic carbocycles. The van der Waals surface area contributed by atoms with Crippen LogP contribution < -0.4 is 5.73 Å². The number of hydrogen-bond acceptors (Lipinski definition) is 7. The number of aryl methyl sites for hydroxylation is 2. The Kier molecular flexibility index (Phi) is 7.74. The molecule has 0 aliphatic rings. The normalized spacial score (nSPS) is 10.7. The Bertz CT molecular complexity index is 878. The minimum atomic E-state index is -4.02. The minimum Gasteiger partial charge on any atom is -0.379 e. The molecule has 0 aliphatic carbocycles. The second-order valence-corrected chi connectivity index (χ2v) is 7.63. The van der Waals surface area contributed by atoms with Crippen LogP contribution >= 0.6 is 11.8 Å². The van der Waals surface area contributed by atoms with Crippen LogP contribution in [0.3, 0.4) is 0 Å². The third-order valence-corrected chi connectivity index (χ3v) is 4.68. The molecule has 0 radical (unpaired) electrons. The van der Waals surface area contributed by atoms with Gasteiger partial charge in [-0.1, -0.05) is 29.5 Å². The molecule has 0 spiro atoms. The average Bonchev–Trinajstić information content (AvgIpc) is 2.88. The lowest BCUT2D eigenvalue weighted by Crippen LogP contribution is -2.10. The van der Waals surface area contributed by atoms with Crippen molar-refractivity contribution in [3.63, 3.8) is 0 Å². The Morgan fingerprint density at radius 1 is 1.38 bits per heavy atom. The van der Waals surface area contributed by atoms with Crippen molar-refractivity contribution in [2.24, 2.45) is 5.73 Å². The Morgan fingerprint density at radius 3 is 2.42 bits per heavy atom. The van der Waals surface area contributed by atoms with E-state index in [1.165, 1.54) is 22.9 Å². The second kappa shape index (κ2) is 9.31. The molecule has 26 heavy (non-hydrogen) atoms. The van der Waals surface area contributed by atoms with Crippen LogP contribution in [0.4, 0.5) is 5.82 Å². The van der Waals surface area contributed by atoms with E-state index >= 15 is 0 Å². The predicted octanol–water partition coefficient (Wildman–Crippen LogP) is 1.97. The van der Waals surface area contributed by atoms with Crippen LogP contribution in [0.15, 0.2) is 35.4 Å². The van der Waals surface area contributed by atoms with Crippen LogP contribution in [0.2, 0.25) is 0 Å². The molecule has 0 aliphatic heterocycles. The lowest BCUT2D eigenvalue weighted by atomic mass is 10.2. The summed E-state index contributed by atoms with van der Waals surface area (Å²) in [6, 6.07) is 5.99. The van der Waals surface area contributed by atoms with Crippen molar-refractivity contribution < 1.29 is 17.9 Å². The number of nitrogens with one attached hydrogen (secondary N) is 1. The molecule has 0 atom stereocenters. The largest absolute Gasteiger partial charge is 0.379 e. The van der Waals surface area contributed by atoms with Gasteiger partial charge in [-0.2, -0.15) is 8.42 Å². The van der Waals surface area contributed by atoms with Crippen LogP contribution in [0, 0.1) is 29.4 Å². The summed E-state index contributed by atoms with van der Waals surface area (Å²) in [6.45, 7) is 3.96. The van der Waals surface area contributed by atoms with Gasteiger partial charge in [0.05, 0.1) is 4.90 Å². The van der Waals surface area contributed by atoms with E-state index in [4.69, 9.17) is 15.7 Å². The third kappa shape index (κ3) is 6.82. The molecule has 0 bridgehead atoms. The second-order valence-electron chi connectivity index (χ2n) is 5.07. The maximum absolute atomic E-state index is 10.6. The van der Waals surface area contributed by atoms with Gasteiger partial charge in [-0.05, 0) is 24.0 Å². The Morgan fingerprint density at radius 2 is 1.96 bits per heavy atom. The van der Waals surface area contributed by atoms with Crippen LogP contribution in [-0.4, -0.2) is 38.4 Å². The summed E-state index contributed by atoms with van der Waals surface area (Å²) in [4.78, 5) is 13.9. The van der Waals surface area contributed by atoms with Gasteiger partial charge in [-0.15, -0.1) is 0 Å². The molecule has 10 nitrogen and oxygen atoms in total. The van der Waals surface area contributed by atoms with Crippen LogP contribution in [0.5, 0.6) is 0 Å². The first-order valence-electron chi connectivity index (χ1n) is 7.20. The van der Waals surface area contributed by atoms with Gasteiger partial charge in [0.1, 0.15) is 12.7 Å². The highest BCUT2D eigenvalue weighted by Gasteiger charge is 2.16. The lowest BCUT2D eigenvalue weighted by Gasteiger charge is -2.01. The number of hydrogen-bond donors (Lipinski definition) is 3. The molecule has 12 heteroatoms. The fraction of sp³-hybridized carbons (Fsp3) is 0.286. The SMILES string of the molecule is Cc1ccc(S(=O)(=O)O)cc1.Cc1ncc([N+](=O)[O-])n1CCSC(=N)N. The maximum atomic E-state index is 10.6. The van der Waals surface area contributed by atoms with Crippen molar-refractivity contribution in [3.05, 3.63) is 52.0 Å². The van der Waals surface area contributed by atoms with Crippen molar-refractivity contribution in [1.29, 1.82) is 5.41 Å². The monoisotopic (exact) mass is 401 g/mol. The van der Waals surface area contributed by atoms with Gasteiger partial charge in [0, 0.05) is 12.7 Å². The zero-order valence-corrected chi connectivity index (χ0v) is 15.7. The molecule has 0 unspecified atom stereocenters. The number of imidazole rings is 1. The van der Waals surface area contributed by atoms with Gasteiger partial charge in [-0.3, -0.25) is 9.96 Å². The number of aromatic nitrogens is 2. The van der Waals surface area contributed by atoms with E-state index in [0.29, 0.717) is 18.1 Å². The van der Waals surface area contributed by atoms with Gasteiger partial charge in [-0.25, -0.2) is 9.55 Å². The fourth-order valence-corrected chi connectivity index (χ4v) is 2.81. The number of nitro groups is 1. The highest BCUT2D eigenvalue weighted by molar-refractivity contribution is 8.13. The highest BCUT2D eigenvalue weighted by Crippen LogP contribution is 2.14. The van der Waals surface area contributed by atoms with E-state index in [1.54, 1.807) is 19.1 Å². The lowest BCUT2D eigenvalue weighted by molar-refractivity contribution is -0.392. The summed E-state index contributed by atoms with van der Waals surface area (Å²) >= 11 is 1.15. The Labute approximate surface area is 154 Å². The van der Waals surface area contributed by atoms with Crippen molar-refractivity contribution in [1.82, 2.24) is 9.55 Å². The smallest absolute Gasteiger partial charge is 0.342 e. The van der Waals surface area contributed by atoms with Crippen LogP contribution in [-0.2, 0) is 16.7 Å². The Hall–Kier alpha value is -2.44. The summed E-state index contributed by atoms with van der Waals surface area (Å²) in [5.41, 5.74) is 6.11. The number of nitrogens with zero attached hydrogens (tertiary/aromatic N) is 3. The molecule has 0 saturated carbocycles. The quantitative estimate of drug-likeness (QED) is 0.225. The molecule has 4 N–H and O–H groups in total. The molecular formula is C14H19N5O5S2. The number of benzene rings is 1. The van der Waals surface area contributed by atoms with Crippen molar-refractivity contribution >= 4 is 32.9 Å². The Balaban J connectivity index is 0.000000273. The molecule has 0 saturated heterocycles. The number of nitrogens with two attached hydrogens (primary N) is 1. The van der Waals surface area contributed by atoms with E-state index in [0.717, 1.165) is 17.3 Å². The molecule has 1 aromatic heterocycles. The molecular weight excluding hydrogens is 382 g/mol. The average molecular weight is 401 g/mol. The van der Waals surface area contributed by atoms with E-state index in [9.17, 15) is 18.5 Å². The molecule has 0 amide bonds. The number of amidine groups is 1. The van der Waals surface area contributed by atoms with E-state index < -0.39 is 15.0 Å². The number of thioether (sulfide) groups is 1. The maximum Gasteiger partial charge on any atom is 0.342 e. The first-order chi connectivity index (χ1) is 12.0. The number of rotatable bonds is 5. The van der Waals surface area contributed by atoms with E-state index in [1.807, 2.05) is 6.92 Å². The van der Waals surface area contributed by atoms with Crippen LogP contribution in [0.25, 0.3) is 0 Å². The summed E-state index contributed by atoms with van der Waals surface area (Å²) < 4.78 is 31.0. The summed E-state index contributed by atoms with van der Waals surface area (Å²) in [7, 11) is -4.02. The summed E-state index contributed by atoms with van der Waals surface area (Å²) in [5.74, 6) is 1.08. The van der Waals surface area contributed by atoms with Gasteiger partial charge in [0.15, 0.2) is 11.0 Å². The fourth-order valence-electron chi connectivity index (χ4n) is 1.84. The van der Waals surface area contributed by atoms with Crippen molar-refractivity contribution in [3.8, 4) is 0 Å². The molecule has 0 fully saturated rings. The first kappa shape index (κ1) is 21.6. The van der Waals surface area contributed by atoms with Gasteiger partial charge in [0.25, 0.3) is 10.1 Å². The topological polar surface area (TPSA) is 165 Å². The van der Waals surface area contributed by atoms with Crippen LogP contribution in [0.1, 0.15) is 11.4 Å². The summed E-state index contributed by atoms with van der Waals surface area (Å²) in [6.07, 6.45) is 1.23. The minimum absolute atomic E-state index is 0.00965. The van der Waals surface area contributed by atoms with E-state index in [2.05, 4.69) is 4.98 Å². The van der Waals surface area contributed by atoms with Gasteiger partial charge < -0.3 is 15.8 Å². The molecule has 2 aromatic rings. The first-order valence-corrected chi connectivity index (χ1v) is 9.62. The van der Waals surface area contributed by atoms with Gasteiger partial charge in [0.2, 0.25) is 0 Å². The zero-order chi connectivity index (χ0) is 19.9. The predicted molar refractivity (Wildman–Crippen MR) is 99.0 cm³/mol. The molecule has 142 valence electrons. The van der Waals surface area contributed by atoms with Crippen molar-refractivity contribution in [2.45, 2.75) is 25.3 Å². The molecule has 2 rings (SSSR count). The zero-order valence-electron chi connectivity index (χ0n) is 14.1. The highest BCUT2D eigenvalue weighted by atomic mass is 32.2. The van der Waals surface area contributed by atoms with E-state index in [-0.39, 0.29) is 15.9 Å². The summed E-state index contributed by atoms with van der Waals surface area (Å²) in [5, 5.41) is 17.6. The van der Waals surface area contributed by atoms with Crippen molar-refractivity contribution in [2.75, 3.05) is 5.75 Å². The van der Waals surface area contributed by atoms with Gasteiger partial charge >= 0.3 is 5.82 Å².